The van der Waals surface area contributed by atoms with Crippen LogP contribution in [0.4, 0.5) is 5.69 Å². The first kappa shape index (κ1) is 11.4. The maximum atomic E-state index is 9.71. The van der Waals surface area contributed by atoms with Gasteiger partial charge < -0.3 is 15.1 Å². The predicted molar refractivity (Wildman–Crippen MR) is 64.5 cm³/mol. The zero-order valence-corrected chi connectivity index (χ0v) is 9.63. The molecule has 1 fully saturated rings. The highest BCUT2D eigenvalue weighted by molar-refractivity contribution is 5.55. The van der Waals surface area contributed by atoms with E-state index in [1.54, 1.807) is 6.92 Å². The smallest absolute Gasteiger partial charge is 0.0781 e. The monoisotopic (exact) mass is 221 g/mol. The molecule has 1 heterocycles. The third-order valence-corrected chi connectivity index (χ3v) is 3.27. The molecule has 2 N–H and O–H groups in total. The molecule has 1 aliphatic rings. The van der Waals surface area contributed by atoms with Crippen LogP contribution in [0.15, 0.2) is 24.3 Å². The summed E-state index contributed by atoms with van der Waals surface area (Å²) in [5.74, 6) is 0.377. The molecule has 1 saturated heterocycles. The Bertz CT molecular complexity index is 352. The van der Waals surface area contributed by atoms with Gasteiger partial charge in [-0.2, -0.15) is 0 Å². The number of para-hydroxylation sites is 1. The molecule has 0 aromatic heterocycles. The number of aliphatic hydroxyl groups excluding tert-OH is 2. The Morgan fingerprint density at radius 1 is 1.44 bits per heavy atom. The Hall–Kier alpha value is -1.06. The van der Waals surface area contributed by atoms with Crippen molar-refractivity contribution in [3.63, 3.8) is 0 Å². The van der Waals surface area contributed by atoms with Crippen molar-refractivity contribution in [2.24, 2.45) is 5.92 Å². The summed E-state index contributed by atoms with van der Waals surface area (Å²) in [5, 5.41) is 18.8. The minimum atomic E-state index is -0.440. The second-order valence-corrected chi connectivity index (χ2v) is 4.52. The highest BCUT2D eigenvalue weighted by atomic mass is 16.3. The molecule has 0 radical (unpaired) electrons. The molecule has 0 bridgehead atoms. The molecule has 0 spiro atoms. The molecule has 0 saturated carbocycles. The van der Waals surface area contributed by atoms with Crippen LogP contribution in [0, 0.1) is 5.92 Å². The highest BCUT2D eigenvalue weighted by Gasteiger charge is 2.24. The van der Waals surface area contributed by atoms with E-state index >= 15 is 0 Å². The molecule has 1 aromatic rings. The summed E-state index contributed by atoms with van der Waals surface area (Å²) in [6.45, 7) is 3.90. The lowest BCUT2D eigenvalue weighted by Gasteiger charge is -2.23. The number of aliphatic hydroxyl groups is 2. The van der Waals surface area contributed by atoms with E-state index in [-0.39, 0.29) is 6.61 Å². The Morgan fingerprint density at radius 3 is 2.81 bits per heavy atom. The van der Waals surface area contributed by atoms with Crippen molar-refractivity contribution >= 4 is 5.69 Å². The molecule has 3 nitrogen and oxygen atoms in total. The Balaban J connectivity index is 2.20. The van der Waals surface area contributed by atoms with Gasteiger partial charge in [0.1, 0.15) is 0 Å². The van der Waals surface area contributed by atoms with Gasteiger partial charge in [0.25, 0.3) is 0 Å². The summed E-state index contributed by atoms with van der Waals surface area (Å²) in [5.41, 5.74) is 2.08. The summed E-state index contributed by atoms with van der Waals surface area (Å²) in [4.78, 5) is 2.25. The zero-order chi connectivity index (χ0) is 11.5. The second-order valence-electron chi connectivity index (χ2n) is 4.52. The maximum absolute atomic E-state index is 9.71. The SMILES string of the molecule is C[C@@H](O)c1ccccc1N1CCC(CO)C1. The van der Waals surface area contributed by atoms with Gasteiger partial charge in [-0.25, -0.2) is 0 Å². The average molecular weight is 221 g/mol. The standard InChI is InChI=1S/C13H19NO2/c1-10(16)12-4-2-3-5-13(12)14-7-6-11(8-14)9-15/h2-5,10-11,15-16H,6-9H2,1H3/t10-,11?/m1/s1. The summed E-state index contributed by atoms with van der Waals surface area (Å²) >= 11 is 0. The van der Waals surface area contributed by atoms with Gasteiger partial charge in [-0.1, -0.05) is 18.2 Å². The Labute approximate surface area is 96.3 Å². The number of rotatable bonds is 3. The largest absolute Gasteiger partial charge is 0.396 e. The maximum Gasteiger partial charge on any atom is 0.0781 e. The third-order valence-electron chi connectivity index (χ3n) is 3.27. The minimum Gasteiger partial charge on any atom is -0.396 e. The van der Waals surface area contributed by atoms with Gasteiger partial charge in [-0.15, -0.1) is 0 Å². The van der Waals surface area contributed by atoms with Gasteiger partial charge in [0.2, 0.25) is 0 Å². The van der Waals surface area contributed by atoms with E-state index in [0.29, 0.717) is 5.92 Å². The molecule has 0 amide bonds. The van der Waals surface area contributed by atoms with Crippen molar-refractivity contribution in [2.75, 3.05) is 24.6 Å². The van der Waals surface area contributed by atoms with E-state index in [1.165, 1.54) is 0 Å². The van der Waals surface area contributed by atoms with Gasteiger partial charge in [0.05, 0.1) is 6.10 Å². The van der Waals surface area contributed by atoms with Crippen molar-refractivity contribution in [3.05, 3.63) is 29.8 Å². The first-order chi connectivity index (χ1) is 7.72. The first-order valence-corrected chi connectivity index (χ1v) is 5.85. The average Bonchev–Trinajstić information content (AvgIpc) is 2.77. The van der Waals surface area contributed by atoms with E-state index in [0.717, 1.165) is 30.8 Å². The van der Waals surface area contributed by atoms with Gasteiger partial charge in [0.15, 0.2) is 0 Å². The normalized spacial score (nSPS) is 22.4. The first-order valence-electron chi connectivity index (χ1n) is 5.85. The van der Waals surface area contributed by atoms with Gasteiger partial charge >= 0.3 is 0 Å². The molecule has 1 aromatic carbocycles. The summed E-state index contributed by atoms with van der Waals surface area (Å²) in [6.07, 6.45) is 0.592. The van der Waals surface area contributed by atoms with Gasteiger partial charge in [0, 0.05) is 36.9 Å². The number of benzene rings is 1. The van der Waals surface area contributed by atoms with Crippen LogP contribution in [-0.2, 0) is 0 Å². The topological polar surface area (TPSA) is 43.7 Å². The van der Waals surface area contributed by atoms with Crippen molar-refractivity contribution in [3.8, 4) is 0 Å². The van der Waals surface area contributed by atoms with Crippen LogP contribution in [0.2, 0.25) is 0 Å². The zero-order valence-electron chi connectivity index (χ0n) is 9.63. The fourth-order valence-electron chi connectivity index (χ4n) is 2.33. The van der Waals surface area contributed by atoms with Crippen LogP contribution < -0.4 is 4.90 Å². The molecule has 1 aliphatic heterocycles. The van der Waals surface area contributed by atoms with E-state index in [2.05, 4.69) is 4.90 Å². The van der Waals surface area contributed by atoms with Crippen molar-refractivity contribution in [1.82, 2.24) is 0 Å². The lowest BCUT2D eigenvalue weighted by molar-refractivity contribution is 0.199. The number of hydrogen-bond acceptors (Lipinski definition) is 3. The number of nitrogens with zero attached hydrogens (tertiary/aromatic N) is 1. The van der Waals surface area contributed by atoms with Crippen molar-refractivity contribution < 1.29 is 10.2 Å². The molecular weight excluding hydrogens is 202 g/mol. The van der Waals surface area contributed by atoms with Crippen LogP contribution in [0.1, 0.15) is 25.0 Å². The molecule has 0 aliphatic carbocycles. The Kier molecular flexibility index (Phi) is 3.46. The molecule has 2 rings (SSSR count). The van der Waals surface area contributed by atoms with E-state index in [9.17, 15) is 5.11 Å². The fraction of sp³-hybridized carbons (Fsp3) is 0.538. The number of anilines is 1. The van der Waals surface area contributed by atoms with Crippen LogP contribution in [0.25, 0.3) is 0 Å². The molecule has 3 heteroatoms. The van der Waals surface area contributed by atoms with Gasteiger partial charge in [-0.05, 0) is 19.4 Å². The highest BCUT2D eigenvalue weighted by Crippen LogP contribution is 2.30. The van der Waals surface area contributed by atoms with Crippen molar-refractivity contribution in [2.45, 2.75) is 19.4 Å². The third kappa shape index (κ3) is 2.20. The Morgan fingerprint density at radius 2 is 2.19 bits per heavy atom. The molecular formula is C13H19NO2. The number of hydrogen-bond donors (Lipinski definition) is 2. The summed E-state index contributed by atoms with van der Waals surface area (Å²) in [6, 6.07) is 7.95. The van der Waals surface area contributed by atoms with E-state index in [4.69, 9.17) is 5.11 Å². The molecule has 1 unspecified atom stereocenters. The fourth-order valence-corrected chi connectivity index (χ4v) is 2.33. The molecule has 88 valence electrons. The van der Waals surface area contributed by atoms with Crippen LogP contribution in [0.5, 0.6) is 0 Å². The molecule has 2 atom stereocenters. The van der Waals surface area contributed by atoms with E-state index < -0.39 is 6.10 Å². The van der Waals surface area contributed by atoms with Crippen LogP contribution in [-0.4, -0.2) is 29.9 Å². The predicted octanol–water partition coefficient (Wildman–Crippen LogP) is 1.56. The lowest BCUT2D eigenvalue weighted by Crippen LogP contribution is -2.22. The quantitative estimate of drug-likeness (QED) is 0.814. The van der Waals surface area contributed by atoms with Crippen LogP contribution in [0.3, 0.4) is 0 Å². The summed E-state index contributed by atoms with van der Waals surface area (Å²) < 4.78 is 0. The lowest BCUT2D eigenvalue weighted by atomic mass is 10.1. The van der Waals surface area contributed by atoms with Crippen molar-refractivity contribution in [1.29, 1.82) is 0 Å². The van der Waals surface area contributed by atoms with E-state index in [1.807, 2.05) is 24.3 Å². The molecule has 16 heavy (non-hydrogen) atoms. The second kappa shape index (κ2) is 4.85. The summed E-state index contributed by atoms with van der Waals surface area (Å²) in [7, 11) is 0. The minimum absolute atomic E-state index is 0.257. The van der Waals surface area contributed by atoms with Gasteiger partial charge in [-0.3, -0.25) is 0 Å². The van der Waals surface area contributed by atoms with Crippen LogP contribution >= 0.6 is 0 Å².